The van der Waals surface area contributed by atoms with Crippen molar-refractivity contribution >= 4 is 17.3 Å². The van der Waals surface area contributed by atoms with Crippen molar-refractivity contribution < 1.29 is 0 Å². The fourth-order valence-corrected chi connectivity index (χ4v) is 2.81. The zero-order chi connectivity index (χ0) is 13.7. The topological polar surface area (TPSA) is 18.5 Å². The van der Waals surface area contributed by atoms with Crippen molar-refractivity contribution in [3.05, 3.63) is 29.3 Å². The van der Waals surface area contributed by atoms with E-state index in [4.69, 9.17) is 11.6 Å². The summed E-state index contributed by atoms with van der Waals surface area (Å²) in [5, 5.41) is 4.22. The van der Waals surface area contributed by atoms with Crippen LogP contribution in [0.1, 0.15) is 13.3 Å². The van der Waals surface area contributed by atoms with E-state index in [2.05, 4.69) is 29.1 Å². The molecule has 0 aromatic heterocycles. The quantitative estimate of drug-likeness (QED) is 0.895. The third-order valence-electron chi connectivity index (χ3n) is 3.95. The Kier molecular flexibility index (Phi) is 5.49. The molecule has 1 aromatic rings. The van der Waals surface area contributed by atoms with E-state index in [0.717, 1.165) is 30.3 Å². The number of benzene rings is 1. The van der Waals surface area contributed by atoms with E-state index < -0.39 is 0 Å². The molecule has 2 rings (SSSR count). The van der Waals surface area contributed by atoms with E-state index in [9.17, 15) is 0 Å². The molecule has 1 fully saturated rings. The highest BCUT2D eigenvalue weighted by molar-refractivity contribution is 6.33. The number of piperazine rings is 1. The average molecular weight is 282 g/mol. The second-order valence-electron chi connectivity index (χ2n) is 5.25. The summed E-state index contributed by atoms with van der Waals surface area (Å²) < 4.78 is 0. The smallest absolute Gasteiger partial charge is 0.0637 e. The molecule has 1 unspecified atom stereocenters. The zero-order valence-corrected chi connectivity index (χ0v) is 12.7. The van der Waals surface area contributed by atoms with Gasteiger partial charge in [-0.05, 0) is 25.6 Å². The normalized spacial score (nSPS) is 21.5. The van der Waals surface area contributed by atoms with Gasteiger partial charge < -0.3 is 10.2 Å². The van der Waals surface area contributed by atoms with Crippen LogP contribution < -0.4 is 5.32 Å². The molecular weight excluding hydrogens is 258 g/mol. The molecule has 0 aliphatic carbocycles. The molecule has 106 valence electrons. The fourth-order valence-electron chi connectivity index (χ4n) is 2.61. The maximum Gasteiger partial charge on any atom is 0.0637 e. The molecule has 19 heavy (non-hydrogen) atoms. The second-order valence-corrected chi connectivity index (χ2v) is 5.66. The van der Waals surface area contributed by atoms with Crippen LogP contribution in [-0.2, 0) is 0 Å². The Hall–Kier alpha value is -0.770. The van der Waals surface area contributed by atoms with Gasteiger partial charge in [0.25, 0.3) is 0 Å². The molecule has 0 bridgehead atoms. The van der Waals surface area contributed by atoms with Crippen LogP contribution in [0.3, 0.4) is 0 Å². The van der Waals surface area contributed by atoms with Crippen molar-refractivity contribution in [1.29, 1.82) is 0 Å². The lowest BCUT2D eigenvalue weighted by atomic mass is 10.1. The molecule has 1 atom stereocenters. The van der Waals surface area contributed by atoms with Gasteiger partial charge in [-0.2, -0.15) is 0 Å². The van der Waals surface area contributed by atoms with Crippen LogP contribution in [-0.4, -0.2) is 55.6 Å². The van der Waals surface area contributed by atoms with Crippen LogP contribution in [0, 0.1) is 0 Å². The first-order valence-corrected chi connectivity index (χ1v) is 7.49. The Morgan fingerprint density at radius 2 is 2.11 bits per heavy atom. The summed E-state index contributed by atoms with van der Waals surface area (Å²) in [4.78, 5) is 5.01. The highest BCUT2D eigenvalue weighted by atomic mass is 35.5. The summed E-state index contributed by atoms with van der Waals surface area (Å²) in [7, 11) is 2.23. The number of halogens is 1. The summed E-state index contributed by atoms with van der Waals surface area (Å²) >= 11 is 6.13. The third kappa shape index (κ3) is 4.10. The Morgan fingerprint density at radius 3 is 2.84 bits per heavy atom. The molecule has 1 N–H and O–H groups in total. The third-order valence-corrected chi connectivity index (χ3v) is 4.28. The van der Waals surface area contributed by atoms with Gasteiger partial charge >= 0.3 is 0 Å². The number of para-hydroxylation sites is 1. The van der Waals surface area contributed by atoms with E-state index in [1.807, 2.05) is 24.3 Å². The molecule has 4 heteroatoms. The van der Waals surface area contributed by atoms with Crippen molar-refractivity contribution in [2.75, 3.05) is 45.1 Å². The molecule has 1 aromatic carbocycles. The molecule has 0 saturated carbocycles. The summed E-state index contributed by atoms with van der Waals surface area (Å²) in [6, 6.07) is 8.62. The summed E-state index contributed by atoms with van der Waals surface area (Å²) in [6.45, 7) is 7.81. The monoisotopic (exact) mass is 281 g/mol. The first-order chi connectivity index (χ1) is 9.20. The Labute approximate surface area is 121 Å². The minimum absolute atomic E-state index is 0.703. The molecule has 1 aliphatic rings. The Bertz CT molecular complexity index is 397. The number of hydrogen-bond donors (Lipinski definition) is 1. The van der Waals surface area contributed by atoms with Crippen LogP contribution >= 0.6 is 11.6 Å². The maximum atomic E-state index is 6.13. The lowest BCUT2D eigenvalue weighted by Crippen LogP contribution is -2.51. The minimum atomic E-state index is 0.703. The Morgan fingerprint density at radius 1 is 1.32 bits per heavy atom. The predicted molar refractivity (Wildman–Crippen MR) is 83.1 cm³/mol. The van der Waals surface area contributed by atoms with Gasteiger partial charge in [0, 0.05) is 38.8 Å². The lowest BCUT2D eigenvalue weighted by Gasteiger charge is -2.39. The number of hydrogen-bond acceptors (Lipinski definition) is 3. The Balaban J connectivity index is 1.76. The maximum absolute atomic E-state index is 6.13. The molecule has 1 aliphatic heterocycles. The van der Waals surface area contributed by atoms with Crippen LogP contribution in [0.25, 0.3) is 0 Å². The first-order valence-electron chi connectivity index (χ1n) is 7.11. The first kappa shape index (κ1) is 14.6. The molecule has 0 spiro atoms. The zero-order valence-electron chi connectivity index (χ0n) is 11.9. The van der Waals surface area contributed by atoms with Gasteiger partial charge in [-0.3, -0.25) is 4.90 Å². The number of likely N-dealkylation sites (N-methyl/N-ethyl adjacent to an activating group) is 1. The van der Waals surface area contributed by atoms with Crippen LogP contribution in [0.5, 0.6) is 0 Å². The number of rotatable bonds is 5. The van der Waals surface area contributed by atoms with Gasteiger partial charge in [0.2, 0.25) is 0 Å². The molecule has 0 radical (unpaired) electrons. The second kappa shape index (κ2) is 7.13. The summed E-state index contributed by atoms with van der Waals surface area (Å²) in [6.07, 6.45) is 1.23. The molecule has 3 nitrogen and oxygen atoms in total. The van der Waals surface area contributed by atoms with Crippen LogP contribution in [0.2, 0.25) is 5.02 Å². The van der Waals surface area contributed by atoms with Crippen molar-refractivity contribution in [2.24, 2.45) is 0 Å². The highest BCUT2D eigenvalue weighted by Crippen LogP contribution is 2.20. The summed E-state index contributed by atoms with van der Waals surface area (Å²) in [5.41, 5.74) is 1.03. The SMILES string of the molecule is CCC1CN(CCNc2ccccc2Cl)CCN1C. The molecular formula is C15H24ClN3. The highest BCUT2D eigenvalue weighted by Gasteiger charge is 2.22. The van der Waals surface area contributed by atoms with E-state index >= 15 is 0 Å². The largest absolute Gasteiger partial charge is 0.383 e. The fraction of sp³-hybridized carbons (Fsp3) is 0.600. The van der Waals surface area contributed by atoms with Gasteiger partial charge in [0.1, 0.15) is 0 Å². The van der Waals surface area contributed by atoms with E-state index in [-0.39, 0.29) is 0 Å². The van der Waals surface area contributed by atoms with Crippen molar-refractivity contribution in [3.8, 4) is 0 Å². The lowest BCUT2D eigenvalue weighted by molar-refractivity contribution is 0.0963. The molecule has 1 saturated heterocycles. The molecule has 0 amide bonds. The minimum Gasteiger partial charge on any atom is -0.383 e. The predicted octanol–water partition coefficient (Wildman–Crippen LogP) is 2.78. The van der Waals surface area contributed by atoms with Crippen LogP contribution in [0.4, 0.5) is 5.69 Å². The van der Waals surface area contributed by atoms with E-state index in [0.29, 0.717) is 6.04 Å². The van der Waals surface area contributed by atoms with Crippen molar-refractivity contribution in [2.45, 2.75) is 19.4 Å². The number of nitrogens with one attached hydrogen (secondary N) is 1. The summed E-state index contributed by atoms with van der Waals surface area (Å²) in [5.74, 6) is 0. The van der Waals surface area contributed by atoms with Gasteiger partial charge in [-0.1, -0.05) is 30.7 Å². The van der Waals surface area contributed by atoms with E-state index in [1.165, 1.54) is 19.5 Å². The van der Waals surface area contributed by atoms with Crippen molar-refractivity contribution in [3.63, 3.8) is 0 Å². The standard InChI is InChI=1S/C15H24ClN3/c1-3-13-12-19(11-10-18(13)2)9-8-17-15-7-5-4-6-14(15)16/h4-7,13,17H,3,8-12H2,1-2H3. The average Bonchev–Trinajstić information content (AvgIpc) is 2.43. The number of nitrogens with zero attached hydrogens (tertiary/aromatic N) is 2. The van der Waals surface area contributed by atoms with Crippen LogP contribution in [0.15, 0.2) is 24.3 Å². The molecule has 1 heterocycles. The van der Waals surface area contributed by atoms with Gasteiger partial charge in [0.05, 0.1) is 10.7 Å². The number of anilines is 1. The van der Waals surface area contributed by atoms with Gasteiger partial charge in [0.15, 0.2) is 0 Å². The van der Waals surface area contributed by atoms with Gasteiger partial charge in [-0.15, -0.1) is 0 Å². The van der Waals surface area contributed by atoms with E-state index in [1.54, 1.807) is 0 Å². The van der Waals surface area contributed by atoms with Crippen molar-refractivity contribution in [1.82, 2.24) is 9.80 Å². The van der Waals surface area contributed by atoms with Gasteiger partial charge in [-0.25, -0.2) is 0 Å².